The first-order valence-corrected chi connectivity index (χ1v) is 7.31. The Balaban J connectivity index is 1.83. The monoisotopic (exact) mass is 326 g/mol. The van der Waals surface area contributed by atoms with E-state index in [9.17, 15) is 9.90 Å². The van der Waals surface area contributed by atoms with E-state index in [1.165, 1.54) is 0 Å². The van der Waals surface area contributed by atoms with Gasteiger partial charge in [0.1, 0.15) is 0 Å². The fraction of sp³-hybridized carbons (Fsp3) is 0.500. The van der Waals surface area contributed by atoms with Gasteiger partial charge in [0.2, 0.25) is 0 Å². The minimum Gasteiger partial charge on any atom is -0.391 e. The molecular weight excluding hydrogens is 308 g/mol. The van der Waals surface area contributed by atoms with Crippen molar-refractivity contribution in [1.82, 2.24) is 10.2 Å². The molecule has 1 aliphatic heterocycles. The fourth-order valence-electron chi connectivity index (χ4n) is 2.13. The number of likely N-dealkylation sites (tertiary alicyclic amines) is 1. The van der Waals surface area contributed by atoms with Gasteiger partial charge in [-0.1, -0.05) is 35.0 Å². The van der Waals surface area contributed by atoms with Crippen LogP contribution in [-0.2, 0) is 6.54 Å². The minimum atomic E-state index is -0.410. The third-order valence-electron chi connectivity index (χ3n) is 3.56. The van der Waals surface area contributed by atoms with Gasteiger partial charge in [0.15, 0.2) is 0 Å². The van der Waals surface area contributed by atoms with E-state index < -0.39 is 6.10 Å². The zero-order valence-electron chi connectivity index (χ0n) is 11.0. The van der Waals surface area contributed by atoms with Gasteiger partial charge in [-0.25, -0.2) is 4.79 Å². The SMILES string of the molecule is CC1CCN(C(=O)NCc2ccc(Br)cc2)CC1O. The summed E-state index contributed by atoms with van der Waals surface area (Å²) in [6.07, 6.45) is 0.444. The molecule has 2 unspecified atom stereocenters. The molecule has 1 saturated heterocycles. The highest BCUT2D eigenvalue weighted by Gasteiger charge is 2.26. The van der Waals surface area contributed by atoms with E-state index in [-0.39, 0.29) is 11.9 Å². The summed E-state index contributed by atoms with van der Waals surface area (Å²) >= 11 is 3.38. The molecule has 19 heavy (non-hydrogen) atoms. The van der Waals surface area contributed by atoms with Crippen LogP contribution in [-0.4, -0.2) is 35.2 Å². The number of piperidine rings is 1. The number of halogens is 1. The van der Waals surface area contributed by atoms with Gasteiger partial charge in [-0.15, -0.1) is 0 Å². The van der Waals surface area contributed by atoms with Crippen molar-refractivity contribution in [2.75, 3.05) is 13.1 Å². The number of hydrogen-bond donors (Lipinski definition) is 2. The van der Waals surface area contributed by atoms with Crippen molar-refractivity contribution in [2.24, 2.45) is 5.92 Å². The molecule has 1 aromatic carbocycles. The Bertz CT molecular complexity index is 436. The molecule has 4 nitrogen and oxygen atoms in total. The molecule has 2 N–H and O–H groups in total. The van der Waals surface area contributed by atoms with Gasteiger partial charge in [0, 0.05) is 24.1 Å². The van der Waals surface area contributed by atoms with Crippen LogP contribution in [0.1, 0.15) is 18.9 Å². The maximum Gasteiger partial charge on any atom is 0.317 e. The number of carbonyl (C=O) groups is 1. The van der Waals surface area contributed by atoms with Crippen molar-refractivity contribution >= 4 is 22.0 Å². The van der Waals surface area contributed by atoms with E-state index in [2.05, 4.69) is 21.2 Å². The fourth-order valence-corrected chi connectivity index (χ4v) is 2.39. The Morgan fingerprint density at radius 3 is 2.79 bits per heavy atom. The number of nitrogens with zero attached hydrogens (tertiary/aromatic N) is 1. The van der Waals surface area contributed by atoms with E-state index in [1.807, 2.05) is 31.2 Å². The molecule has 2 rings (SSSR count). The van der Waals surface area contributed by atoms with Crippen LogP contribution in [0.5, 0.6) is 0 Å². The van der Waals surface area contributed by atoms with Crippen molar-refractivity contribution in [3.05, 3.63) is 34.3 Å². The van der Waals surface area contributed by atoms with Crippen LogP contribution in [0.4, 0.5) is 4.79 Å². The smallest absolute Gasteiger partial charge is 0.317 e. The lowest BCUT2D eigenvalue weighted by atomic mass is 9.96. The summed E-state index contributed by atoms with van der Waals surface area (Å²) in [7, 11) is 0. The van der Waals surface area contributed by atoms with Gasteiger partial charge in [-0.05, 0) is 30.0 Å². The lowest BCUT2D eigenvalue weighted by Crippen LogP contribution is -2.49. The second-order valence-electron chi connectivity index (χ2n) is 5.06. The minimum absolute atomic E-state index is 0.103. The van der Waals surface area contributed by atoms with E-state index >= 15 is 0 Å². The lowest BCUT2D eigenvalue weighted by Gasteiger charge is -2.34. The molecule has 1 heterocycles. The van der Waals surface area contributed by atoms with Crippen molar-refractivity contribution < 1.29 is 9.90 Å². The molecule has 1 aromatic rings. The summed E-state index contributed by atoms with van der Waals surface area (Å²) in [5.41, 5.74) is 1.06. The first-order chi connectivity index (χ1) is 9.06. The average molecular weight is 327 g/mol. The lowest BCUT2D eigenvalue weighted by molar-refractivity contribution is 0.0435. The van der Waals surface area contributed by atoms with Crippen molar-refractivity contribution in [1.29, 1.82) is 0 Å². The highest BCUT2D eigenvalue weighted by molar-refractivity contribution is 9.10. The summed E-state index contributed by atoms with van der Waals surface area (Å²) in [5, 5.41) is 12.7. The Morgan fingerprint density at radius 2 is 2.16 bits per heavy atom. The Kier molecular flexibility index (Phi) is 4.82. The molecule has 1 fully saturated rings. The number of aliphatic hydroxyl groups is 1. The molecule has 5 heteroatoms. The number of benzene rings is 1. The number of urea groups is 1. The number of nitrogens with one attached hydrogen (secondary N) is 1. The zero-order chi connectivity index (χ0) is 13.8. The van der Waals surface area contributed by atoms with Crippen LogP contribution in [0, 0.1) is 5.92 Å². The number of amides is 2. The number of hydrogen-bond acceptors (Lipinski definition) is 2. The highest BCUT2D eigenvalue weighted by atomic mass is 79.9. The summed E-state index contributed by atoms with van der Waals surface area (Å²) in [6, 6.07) is 7.74. The molecule has 2 amide bonds. The Labute approximate surface area is 121 Å². The van der Waals surface area contributed by atoms with E-state index in [1.54, 1.807) is 4.90 Å². The van der Waals surface area contributed by atoms with Gasteiger partial charge in [0.05, 0.1) is 6.10 Å². The van der Waals surface area contributed by atoms with Gasteiger partial charge in [-0.3, -0.25) is 0 Å². The third-order valence-corrected chi connectivity index (χ3v) is 4.09. The van der Waals surface area contributed by atoms with Crippen LogP contribution in [0.3, 0.4) is 0 Å². The standard InChI is InChI=1S/C14H19BrN2O2/c1-10-6-7-17(9-13(10)18)14(19)16-8-11-2-4-12(15)5-3-11/h2-5,10,13,18H,6-9H2,1H3,(H,16,19). The molecule has 0 aliphatic carbocycles. The molecule has 1 aliphatic rings. The van der Waals surface area contributed by atoms with Gasteiger partial charge < -0.3 is 15.3 Å². The van der Waals surface area contributed by atoms with Crippen LogP contribution < -0.4 is 5.32 Å². The molecule has 0 radical (unpaired) electrons. The first kappa shape index (κ1) is 14.3. The molecule has 0 spiro atoms. The Hall–Kier alpha value is -1.07. The van der Waals surface area contributed by atoms with Crippen LogP contribution >= 0.6 is 15.9 Å². The number of aliphatic hydroxyl groups excluding tert-OH is 1. The zero-order valence-corrected chi connectivity index (χ0v) is 12.6. The molecule has 0 saturated carbocycles. The van der Waals surface area contributed by atoms with E-state index in [4.69, 9.17) is 0 Å². The van der Waals surface area contributed by atoms with Crippen LogP contribution in [0.25, 0.3) is 0 Å². The third kappa shape index (κ3) is 3.94. The molecule has 0 aromatic heterocycles. The van der Waals surface area contributed by atoms with Crippen LogP contribution in [0.2, 0.25) is 0 Å². The first-order valence-electron chi connectivity index (χ1n) is 6.51. The summed E-state index contributed by atoms with van der Waals surface area (Å²) in [5.74, 6) is 0.274. The number of β-amino-alcohol motifs (C(OH)–C–C–N with tert-alkyl or cyclic N) is 1. The van der Waals surface area contributed by atoms with Crippen molar-refractivity contribution in [3.8, 4) is 0 Å². The number of rotatable bonds is 2. The number of carbonyl (C=O) groups excluding carboxylic acids is 1. The second kappa shape index (κ2) is 6.39. The maximum atomic E-state index is 12.0. The van der Waals surface area contributed by atoms with Gasteiger partial charge >= 0.3 is 6.03 Å². The summed E-state index contributed by atoms with van der Waals surface area (Å²) < 4.78 is 1.02. The molecule has 2 atom stereocenters. The van der Waals surface area contributed by atoms with Crippen molar-refractivity contribution in [3.63, 3.8) is 0 Å². The molecule has 104 valence electrons. The summed E-state index contributed by atoms with van der Waals surface area (Å²) in [4.78, 5) is 13.7. The molecule has 0 bridgehead atoms. The molecular formula is C14H19BrN2O2. The Morgan fingerprint density at radius 1 is 1.47 bits per heavy atom. The summed E-state index contributed by atoms with van der Waals surface area (Å²) in [6.45, 7) is 3.66. The predicted octanol–water partition coefficient (Wildman–Crippen LogP) is 2.36. The van der Waals surface area contributed by atoms with Crippen LogP contribution in [0.15, 0.2) is 28.7 Å². The quantitative estimate of drug-likeness (QED) is 0.876. The van der Waals surface area contributed by atoms with E-state index in [0.717, 1.165) is 16.5 Å². The predicted molar refractivity (Wildman–Crippen MR) is 77.7 cm³/mol. The average Bonchev–Trinajstić information content (AvgIpc) is 2.41. The van der Waals surface area contributed by atoms with Crippen molar-refractivity contribution in [2.45, 2.75) is 26.0 Å². The van der Waals surface area contributed by atoms with E-state index in [0.29, 0.717) is 19.6 Å². The second-order valence-corrected chi connectivity index (χ2v) is 5.98. The largest absolute Gasteiger partial charge is 0.391 e. The van der Waals surface area contributed by atoms with Gasteiger partial charge in [-0.2, -0.15) is 0 Å². The highest BCUT2D eigenvalue weighted by Crippen LogP contribution is 2.17. The van der Waals surface area contributed by atoms with Gasteiger partial charge in [0.25, 0.3) is 0 Å². The maximum absolute atomic E-state index is 12.0. The normalized spacial score (nSPS) is 23.2. The topological polar surface area (TPSA) is 52.6 Å².